The second-order valence-electron chi connectivity index (χ2n) is 8.80. The molecule has 2 saturated heterocycles. The molecule has 0 bridgehead atoms. The Balaban J connectivity index is 1.34. The van der Waals surface area contributed by atoms with E-state index in [1.165, 1.54) is 18.2 Å². The molecule has 0 aromatic carbocycles. The molecule has 4 rings (SSSR count). The molecular weight excluding hydrogens is 512 g/mol. The fraction of sp³-hybridized carbons (Fsp3) is 0.545. The molecule has 0 unspecified atom stereocenters. The number of pyridine rings is 1. The minimum Gasteiger partial charge on any atom is -0.394 e. The molecule has 1 amide bonds. The predicted molar refractivity (Wildman–Crippen MR) is 122 cm³/mol. The van der Waals surface area contributed by atoms with E-state index < -0.39 is 79.0 Å². The lowest BCUT2D eigenvalue weighted by molar-refractivity contribution is -0.304. The highest BCUT2D eigenvalue weighted by atomic mass is 16.7. The van der Waals surface area contributed by atoms with Gasteiger partial charge in [0, 0.05) is 18.8 Å². The van der Waals surface area contributed by atoms with Gasteiger partial charge in [-0.3, -0.25) is 19.1 Å². The number of aliphatic hydroxyl groups excluding tert-OH is 6. The number of carbonyl (C=O) groups is 1. The Morgan fingerprint density at radius 3 is 2.45 bits per heavy atom. The normalized spacial score (nSPS) is 33.3. The van der Waals surface area contributed by atoms with Crippen LogP contribution in [0.5, 0.6) is 0 Å². The minimum absolute atomic E-state index is 0.0404. The highest BCUT2D eigenvalue weighted by molar-refractivity contribution is 5.92. The number of rotatable bonds is 8. The highest BCUT2D eigenvalue weighted by Gasteiger charge is 2.45. The van der Waals surface area contributed by atoms with Crippen LogP contribution in [0.15, 0.2) is 40.1 Å². The summed E-state index contributed by atoms with van der Waals surface area (Å²) >= 11 is 0. The molecule has 4 heterocycles. The number of nitrogens with zero attached hydrogens (tertiary/aromatic N) is 2. The molecule has 2 aliphatic rings. The van der Waals surface area contributed by atoms with Crippen LogP contribution < -0.4 is 16.6 Å². The molecule has 208 valence electrons. The van der Waals surface area contributed by atoms with Gasteiger partial charge in [-0.1, -0.05) is 6.07 Å². The van der Waals surface area contributed by atoms with Crippen molar-refractivity contribution < 1.29 is 49.6 Å². The lowest BCUT2D eigenvalue weighted by Gasteiger charge is -2.39. The Hall–Kier alpha value is -3.06. The van der Waals surface area contributed by atoms with E-state index in [-0.39, 0.29) is 24.5 Å². The monoisotopic (exact) mass is 540 g/mol. The molecule has 16 heteroatoms. The summed E-state index contributed by atoms with van der Waals surface area (Å²) in [5.41, 5.74) is -1.28. The Morgan fingerprint density at radius 1 is 1.00 bits per heavy atom. The molecule has 2 fully saturated rings. The van der Waals surface area contributed by atoms with Gasteiger partial charge in [-0.2, -0.15) is 0 Å². The second-order valence-corrected chi connectivity index (χ2v) is 8.80. The van der Waals surface area contributed by atoms with E-state index in [1.807, 2.05) is 4.98 Å². The first-order valence-electron chi connectivity index (χ1n) is 11.6. The fourth-order valence-electron chi connectivity index (χ4n) is 4.10. The Labute approximate surface area is 213 Å². The number of aliphatic hydroxyl groups is 6. The van der Waals surface area contributed by atoms with E-state index in [0.717, 1.165) is 16.8 Å². The summed E-state index contributed by atoms with van der Waals surface area (Å²) in [6.07, 6.45) is -11.5. The standard InChI is InChI=1S/C22H28N4O12/c27-7-12-15(30)16(31)18(33)21(38-12)36-8-9-2-1-3-10(24-9)19(34)23-6-11-14(29)17(32)20(37-11)26-5-4-13(28)25-22(26)35/h1-5,11-12,14-18,20-21,27,29-33H,6-8H2,(H,23,34)(H,25,28,35)/t11-,12+,14-,15-,16-,17-,18-,20-,21-/m1/s1. The van der Waals surface area contributed by atoms with Crippen LogP contribution in [0.2, 0.25) is 0 Å². The van der Waals surface area contributed by atoms with Crippen LogP contribution in [0.1, 0.15) is 22.4 Å². The van der Waals surface area contributed by atoms with Crippen LogP contribution in [0.3, 0.4) is 0 Å². The third kappa shape index (κ3) is 5.83. The van der Waals surface area contributed by atoms with Gasteiger partial charge in [-0.15, -0.1) is 0 Å². The van der Waals surface area contributed by atoms with Crippen LogP contribution in [0.25, 0.3) is 0 Å². The highest BCUT2D eigenvalue weighted by Crippen LogP contribution is 2.28. The van der Waals surface area contributed by atoms with Crippen molar-refractivity contribution >= 4 is 5.91 Å². The molecule has 38 heavy (non-hydrogen) atoms. The van der Waals surface area contributed by atoms with Gasteiger partial charge in [0.2, 0.25) is 0 Å². The zero-order valence-electron chi connectivity index (χ0n) is 19.7. The van der Waals surface area contributed by atoms with Crippen molar-refractivity contribution in [2.45, 2.75) is 61.9 Å². The summed E-state index contributed by atoms with van der Waals surface area (Å²) in [5, 5.41) is 62.2. The Bertz CT molecular complexity index is 1240. The molecule has 8 N–H and O–H groups in total. The van der Waals surface area contributed by atoms with Gasteiger partial charge in [0.05, 0.1) is 18.9 Å². The van der Waals surface area contributed by atoms with Gasteiger partial charge in [0.1, 0.15) is 48.4 Å². The maximum Gasteiger partial charge on any atom is 0.330 e. The second kappa shape index (κ2) is 11.8. The maximum absolute atomic E-state index is 12.6. The number of hydrogen-bond acceptors (Lipinski definition) is 13. The van der Waals surface area contributed by atoms with Crippen molar-refractivity contribution in [3.63, 3.8) is 0 Å². The smallest absolute Gasteiger partial charge is 0.330 e. The van der Waals surface area contributed by atoms with E-state index in [4.69, 9.17) is 14.2 Å². The van der Waals surface area contributed by atoms with E-state index in [9.17, 15) is 45.0 Å². The molecular formula is C22H28N4O12. The average Bonchev–Trinajstić information content (AvgIpc) is 3.18. The third-order valence-electron chi connectivity index (χ3n) is 6.21. The number of H-pyrrole nitrogens is 1. The molecule has 16 nitrogen and oxygen atoms in total. The third-order valence-corrected chi connectivity index (χ3v) is 6.21. The topological polar surface area (TPSA) is 246 Å². The average molecular weight is 540 g/mol. The van der Waals surface area contributed by atoms with Crippen molar-refractivity contribution in [1.29, 1.82) is 0 Å². The van der Waals surface area contributed by atoms with Gasteiger partial charge >= 0.3 is 5.69 Å². The van der Waals surface area contributed by atoms with E-state index in [2.05, 4.69) is 10.3 Å². The SMILES string of the molecule is O=C(NC[C@H]1O[C@@H](n2ccc(=O)[nH]c2=O)[C@H](O)[C@@H]1O)c1cccc(CO[C@@H]2O[C@@H](CO)[C@@H](O)[C@@H](O)[C@H]2O)n1. The van der Waals surface area contributed by atoms with Crippen LogP contribution in [-0.4, -0.2) is 113 Å². The molecule has 2 aromatic rings. The number of aromatic amines is 1. The number of ether oxygens (including phenoxy) is 3. The van der Waals surface area contributed by atoms with Crippen LogP contribution in [-0.2, 0) is 20.8 Å². The number of hydrogen-bond donors (Lipinski definition) is 8. The zero-order valence-corrected chi connectivity index (χ0v) is 19.7. The largest absolute Gasteiger partial charge is 0.394 e. The first-order chi connectivity index (χ1) is 18.1. The number of aromatic nitrogens is 3. The quantitative estimate of drug-likeness (QED) is 0.157. The van der Waals surface area contributed by atoms with Gasteiger partial charge < -0.3 is 50.2 Å². The van der Waals surface area contributed by atoms with Crippen molar-refractivity contribution in [1.82, 2.24) is 19.9 Å². The summed E-state index contributed by atoms with van der Waals surface area (Å²) in [6, 6.07) is 5.49. The first-order valence-corrected chi connectivity index (χ1v) is 11.6. The molecule has 2 aromatic heterocycles. The van der Waals surface area contributed by atoms with Gasteiger partial charge in [0.25, 0.3) is 11.5 Å². The van der Waals surface area contributed by atoms with Gasteiger partial charge in [-0.25, -0.2) is 9.78 Å². The van der Waals surface area contributed by atoms with Crippen molar-refractivity contribution in [3.8, 4) is 0 Å². The molecule has 0 radical (unpaired) electrons. The van der Waals surface area contributed by atoms with E-state index in [1.54, 1.807) is 0 Å². The van der Waals surface area contributed by atoms with Crippen molar-refractivity contribution in [2.24, 2.45) is 0 Å². The molecule has 2 aliphatic heterocycles. The summed E-state index contributed by atoms with van der Waals surface area (Å²) in [7, 11) is 0. The van der Waals surface area contributed by atoms with Crippen molar-refractivity contribution in [2.75, 3.05) is 13.2 Å². The minimum atomic E-state index is -1.61. The van der Waals surface area contributed by atoms with E-state index in [0.29, 0.717) is 0 Å². The maximum atomic E-state index is 12.6. The van der Waals surface area contributed by atoms with Crippen LogP contribution >= 0.6 is 0 Å². The molecule has 0 saturated carbocycles. The van der Waals surface area contributed by atoms with Crippen molar-refractivity contribution in [3.05, 3.63) is 62.7 Å². The summed E-state index contributed by atoms with van der Waals surface area (Å²) < 4.78 is 17.1. The number of nitrogens with one attached hydrogen (secondary N) is 2. The number of carbonyl (C=O) groups excluding carboxylic acids is 1. The van der Waals surface area contributed by atoms with Crippen LogP contribution in [0, 0.1) is 0 Å². The lowest BCUT2D eigenvalue weighted by atomic mass is 9.99. The van der Waals surface area contributed by atoms with Crippen LogP contribution in [0.4, 0.5) is 0 Å². The molecule has 0 spiro atoms. The van der Waals surface area contributed by atoms with E-state index >= 15 is 0 Å². The van der Waals surface area contributed by atoms with Gasteiger partial charge in [-0.05, 0) is 12.1 Å². The Kier molecular flexibility index (Phi) is 8.66. The summed E-state index contributed by atoms with van der Waals surface area (Å²) in [4.78, 5) is 42.1. The summed E-state index contributed by atoms with van der Waals surface area (Å²) in [6.45, 7) is -1.12. The Morgan fingerprint density at radius 2 is 1.74 bits per heavy atom. The molecule has 0 aliphatic carbocycles. The fourth-order valence-corrected chi connectivity index (χ4v) is 4.10. The zero-order chi connectivity index (χ0) is 27.6. The first kappa shape index (κ1) is 28.0. The van der Waals surface area contributed by atoms with Gasteiger partial charge in [0.15, 0.2) is 12.5 Å². The summed E-state index contributed by atoms with van der Waals surface area (Å²) in [5.74, 6) is -0.658. The number of amides is 1. The predicted octanol–water partition coefficient (Wildman–Crippen LogP) is -4.70. The lowest BCUT2D eigenvalue weighted by Crippen LogP contribution is -2.59. The molecule has 9 atom stereocenters.